The zero-order valence-electron chi connectivity index (χ0n) is 11.6. The second-order valence-corrected chi connectivity index (χ2v) is 5.71. The summed E-state index contributed by atoms with van der Waals surface area (Å²) < 4.78 is 23.5. The Kier molecular flexibility index (Phi) is 3.28. The molecule has 2 aliphatic rings. The van der Waals surface area contributed by atoms with Gasteiger partial charge in [0.05, 0.1) is 0 Å². The minimum atomic E-state index is -0.580. The van der Waals surface area contributed by atoms with Gasteiger partial charge in [-0.3, -0.25) is 0 Å². The number of hydrogen-bond donors (Lipinski definition) is 0. The van der Waals surface area contributed by atoms with Crippen molar-refractivity contribution < 1.29 is 18.9 Å². The van der Waals surface area contributed by atoms with E-state index in [2.05, 4.69) is 20.8 Å². The molecular weight excluding hydrogens is 220 g/mol. The maximum atomic E-state index is 6.15. The summed E-state index contributed by atoms with van der Waals surface area (Å²) in [5.41, 5.74) is -0.305. The van der Waals surface area contributed by atoms with Gasteiger partial charge in [-0.2, -0.15) is 0 Å². The molecule has 100 valence electrons. The summed E-state index contributed by atoms with van der Waals surface area (Å²) in [5, 5.41) is 0. The third-order valence-corrected chi connectivity index (χ3v) is 3.99. The molecule has 2 heterocycles. The van der Waals surface area contributed by atoms with Gasteiger partial charge in [0.1, 0.15) is 17.8 Å². The summed E-state index contributed by atoms with van der Waals surface area (Å²) >= 11 is 0. The summed E-state index contributed by atoms with van der Waals surface area (Å²) in [7, 11) is 1.72. The van der Waals surface area contributed by atoms with Crippen molar-refractivity contribution in [2.45, 2.75) is 70.9 Å². The Bertz CT molecular complexity index is 289. The summed E-state index contributed by atoms with van der Waals surface area (Å²) in [6.07, 6.45) is 0.387. The molecule has 0 N–H and O–H groups in total. The standard InChI is InChI=1S/C13H24O4/c1-7-13(8(2)3)10(14-6)9-11(17-13)16-12(4,5)15-9/h8-11H,7H2,1-6H3/t9-,10+,11+,13-/m1/s1. The molecule has 2 rings (SSSR count). The number of fused-ring (bicyclic) bond motifs is 1. The Labute approximate surface area is 104 Å². The summed E-state index contributed by atoms with van der Waals surface area (Å²) in [6.45, 7) is 10.2. The van der Waals surface area contributed by atoms with E-state index in [1.807, 2.05) is 13.8 Å². The van der Waals surface area contributed by atoms with Gasteiger partial charge in [0.25, 0.3) is 0 Å². The van der Waals surface area contributed by atoms with E-state index >= 15 is 0 Å². The molecule has 4 nitrogen and oxygen atoms in total. The van der Waals surface area contributed by atoms with Crippen molar-refractivity contribution in [3.8, 4) is 0 Å². The van der Waals surface area contributed by atoms with Crippen molar-refractivity contribution >= 4 is 0 Å². The normalized spacial score (nSPS) is 44.3. The first-order valence-electron chi connectivity index (χ1n) is 6.42. The Morgan fingerprint density at radius 3 is 2.29 bits per heavy atom. The van der Waals surface area contributed by atoms with Crippen LogP contribution in [-0.4, -0.2) is 37.0 Å². The topological polar surface area (TPSA) is 36.9 Å². The minimum Gasteiger partial charge on any atom is -0.376 e. The predicted molar refractivity (Wildman–Crippen MR) is 63.6 cm³/mol. The Morgan fingerprint density at radius 2 is 1.82 bits per heavy atom. The van der Waals surface area contributed by atoms with Gasteiger partial charge in [-0.1, -0.05) is 20.8 Å². The molecule has 2 saturated heterocycles. The van der Waals surface area contributed by atoms with E-state index < -0.39 is 5.79 Å². The molecule has 0 aromatic heterocycles. The fraction of sp³-hybridized carbons (Fsp3) is 1.00. The fourth-order valence-corrected chi connectivity index (χ4v) is 3.11. The van der Waals surface area contributed by atoms with Gasteiger partial charge < -0.3 is 18.9 Å². The van der Waals surface area contributed by atoms with Gasteiger partial charge in [0, 0.05) is 7.11 Å². The highest BCUT2D eigenvalue weighted by atomic mass is 16.8. The van der Waals surface area contributed by atoms with Crippen molar-refractivity contribution in [2.24, 2.45) is 5.92 Å². The fourth-order valence-electron chi connectivity index (χ4n) is 3.11. The van der Waals surface area contributed by atoms with Crippen LogP contribution < -0.4 is 0 Å². The third-order valence-electron chi connectivity index (χ3n) is 3.99. The van der Waals surface area contributed by atoms with Crippen LogP contribution in [0.25, 0.3) is 0 Å². The van der Waals surface area contributed by atoms with Crippen molar-refractivity contribution in [3.63, 3.8) is 0 Å². The number of hydrogen-bond acceptors (Lipinski definition) is 4. The zero-order chi connectivity index (χ0) is 12.8. The van der Waals surface area contributed by atoms with Gasteiger partial charge in [-0.25, -0.2) is 0 Å². The molecule has 0 aromatic carbocycles. The lowest BCUT2D eigenvalue weighted by atomic mass is 9.82. The second-order valence-electron chi connectivity index (χ2n) is 5.71. The molecule has 0 aliphatic carbocycles. The summed E-state index contributed by atoms with van der Waals surface area (Å²) in [4.78, 5) is 0. The lowest BCUT2D eigenvalue weighted by molar-refractivity contribution is -0.251. The van der Waals surface area contributed by atoms with Gasteiger partial charge in [0.15, 0.2) is 12.1 Å². The second kappa shape index (κ2) is 4.19. The maximum absolute atomic E-state index is 6.15. The first-order valence-corrected chi connectivity index (χ1v) is 6.42. The molecule has 2 fully saturated rings. The Balaban J connectivity index is 2.26. The van der Waals surface area contributed by atoms with Gasteiger partial charge >= 0.3 is 0 Å². The average molecular weight is 244 g/mol. The quantitative estimate of drug-likeness (QED) is 0.763. The zero-order valence-corrected chi connectivity index (χ0v) is 11.6. The van der Waals surface area contributed by atoms with Crippen molar-refractivity contribution in [1.29, 1.82) is 0 Å². The molecule has 0 radical (unpaired) electrons. The van der Waals surface area contributed by atoms with E-state index in [1.54, 1.807) is 7.11 Å². The minimum absolute atomic E-state index is 0.0701. The number of rotatable bonds is 3. The number of methoxy groups -OCH3 is 1. The molecule has 2 aliphatic heterocycles. The lowest BCUT2D eigenvalue weighted by Gasteiger charge is -2.38. The van der Waals surface area contributed by atoms with E-state index in [0.717, 1.165) is 6.42 Å². The van der Waals surface area contributed by atoms with E-state index in [9.17, 15) is 0 Å². The first-order chi connectivity index (χ1) is 7.86. The predicted octanol–water partition coefficient (Wildman–Crippen LogP) is 2.31. The van der Waals surface area contributed by atoms with E-state index in [1.165, 1.54) is 0 Å². The lowest BCUT2D eigenvalue weighted by Crippen LogP contribution is -2.49. The molecule has 0 saturated carbocycles. The van der Waals surface area contributed by atoms with E-state index in [4.69, 9.17) is 18.9 Å². The molecule has 0 spiro atoms. The van der Waals surface area contributed by atoms with Crippen molar-refractivity contribution in [1.82, 2.24) is 0 Å². The maximum Gasteiger partial charge on any atom is 0.190 e. The summed E-state index contributed by atoms with van der Waals surface area (Å²) in [5.74, 6) is -0.221. The van der Waals surface area contributed by atoms with Gasteiger partial charge in [-0.15, -0.1) is 0 Å². The van der Waals surface area contributed by atoms with Crippen LogP contribution in [0.4, 0.5) is 0 Å². The molecule has 4 atom stereocenters. The smallest absolute Gasteiger partial charge is 0.190 e. The molecule has 0 amide bonds. The van der Waals surface area contributed by atoms with Crippen LogP contribution in [-0.2, 0) is 18.9 Å². The highest BCUT2D eigenvalue weighted by Crippen LogP contribution is 2.47. The molecule has 0 bridgehead atoms. The van der Waals surface area contributed by atoms with E-state index in [0.29, 0.717) is 5.92 Å². The summed E-state index contributed by atoms with van der Waals surface area (Å²) in [6, 6.07) is 0. The molecule has 0 aromatic rings. The number of ether oxygens (including phenoxy) is 4. The Morgan fingerprint density at radius 1 is 1.18 bits per heavy atom. The van der Waals surface area contributed by atoms with Crippen LogP contribution in [0.5, 0.6) is 0 Å². The highest BCUT2D eigenvalue weighted by Gasteiger charge is 2.62. The molecule has 4 heteroatoms. The van der Waals surface area contributed by atoms with Gasteiger partial charge in [0.2, 0.25) is 0 Å². The van der Waals surface area contributed by atoms with Crippen LogP contribution in [0.15, 0.2) is 0 Å². The molecular formula is C13H24O4. The largest absolute Gasteiger partial charge is 0.376 e. The van der Waals surface area contributed by atoms with Crippen LogP contribution in [0.3, 0.4) is 0 Å². The van der Waals surface area contributed by atoms with Crippen molar-refractivity contribution in [2.75, 3.05) is 7.11 Å². The SMILES string of the molecule is CC[C@]1(C(C)C)O[C@@H]2OC(C)(C)O[C@@H]2[C@@H]1OC. The molecule has 17 heavy (non-hydrogen) atoms. The van der Waals surface area contributed by atoms with Crippen molar-refractivity contribution in [3.05, 3.63) is 0 Å². The monoisotopic (exact) mass is 244 g/mol. The van der Waals surface area contributed by atoms with Crippen LogP contribution in [0.1, 0.15) is 41.0 Å². The third kappa shape index (κ3) is 1.91. The molecule has 0 unspecified atom stereocenters. The first kappa shape index (κ1) is 13.3. The van der Waals surface area contributed by atoms with Crippen LogP contribution >= 0.6 is 0 Å². The van der Waals surface area contributed by atoms with Gasteiger partial charge in [-0.05, 0) is 26.2 Å². The van der Waals surface area contributed by atoms with Crippen LogP contribution in [0.2, 0.25) is 0 Å². The Hall–Kier alpha value is -0.160. The van der Waals surface area contributed by atoms with E-state index in [-0.39, 0.29) is 24.1 Å². The van der Waals surface area contributed by atoms with Crippen LogP contribution in [0, 0.1) is 5.92 Å². The average Bonchev–Trinajstić information content (AvgIpc) is 2.66. The highest BCUT2D eigenvalue weighted by molar-refractivity contribution is 5.04.